The zero-order chi connectivity index (χ0) is 11.3. The predicted octanol–water partition coefficient (Wildman–Crippen LogP) is 0.807. The number of amides is 1. The highest BCUT2D eigenvalue weighted by molar-refractivity contribution is 7.90. The smallest absolute Gasteiger partial charge is 0.239 e. The summed E-state index contributed by atoms with van der Waals surface area (Å²) in [5, 5.41) is -0.342. The summed E-state index contributed by atoms with van der Waals surface area (Å²) in [6, 6.07) is 0. The molecular weight excluding hydrogens is 214 g/mol. The van der Waals surface area contributed by atoms with E-state index in [1.54, 1.807) is 13.0 Å². The van der Waals surface area contributed by atoms with E-state index >= 15 is 0 Å². The second-order valence-electron chi connectivity index (χ2n) is 4.64. The van der Waals surface area contributed by atoms with Crippen LogP contribution in [-0.2, 0) is 14.8 Å². The maximum Gasteiger partial charge on any atom is 0.239 e. The molecule has 0 aromatic heterocycles. The summed E-state index contributed by atoms with van der Waals surface area (Å²) in [6.45, 7) is 5.39. The number of nitrogens with one attached hydrogen (secondary N) is 1. The highest BCUT2D eigenvalue weighted by Gasteiger charge is 2.55. The molecule has 2 unspecified atom stereocenters. The van der Waals surface area contributed by atoms with Crippen LogP contribution in [0.3, 0.4) is 0 Å². The van der Waals surface area contributed by atoms with Crippen LogP contribution in [0.4, 0.5) is 0 Å². The lowest BCUT2D eigenvalue weighted by Crippen LogP contribution is -2.38. The highest BCUT2D eigenvalue weighted by Crippen LogP contribution is 2.53. The molecule has 2 aliphatic carbocycles. The second kappa shape index (κ2) is 3.07. The van der Waals surface area contributed by atoms with Gasteiger partial charge in [-0.1, -0.05) is 13.0 Å². The summed E-state index contributed by atoms with van der Waals surface area (Å²) in [4.78, 5) is 11.7. The Morgan fingerprint density at radius 2 is 2.13 bits per heavy atom. The Bertz CT molecular complexity index is 410. The third kappa shape index (κ3) is 1.80. The van der Waals surface area contributed by atoms with E-state index < -0.39 is 15.4 Å². The van der Waals surface area contributed by atoms with E-state index in [0.717, 1.165) is 0 Å². The molecule has 0 bridgehead atoms. The van der Waals surface area contributed by atoms with Crippen LogP contribution in [0.1, 0.15) is 26.2 Å². The minimum Gasteiger partial charge on any atom is -0.273 e. The van der Waals surface area contributed by atoms with Gasteiger partial charge in [-0.15, -0.1) is 6.58 Å². The number of hydrogen-bond donors (Lipinski definition) is 1. The summed E-state index contributed by atoms with van der Waals surface area (Å²) in [6.07, 6.45) is 3.75. The normalized spacial score (nSPS) is 34.6. The van der Waals surface area contributed by atoms with E-state index in [1.807, 2.05) is 0 Å². The number of hydrogen-bond acceptors (Lipinski definition) is 3. The molecule has 5 heteroatoms. The first-order valence-electron chi connectivity index (χ1n) is 5.09. The Morgan fingerprint density at radius 3 is 2.53 bits per heavy atom. The van der Waals surface area contributed by atoms with Crippen LogP contribution in [0.15, 0.2) is 12.7 Å². The van der Waals surface area contributed by atoms with Gasteiger partial charge >= 0.3 is 0 Å². The van der Waals surface area contributed by atoms with Gasteiger partial charge < -0.3 is 0 Å². The van der Waals surface area contributed by atoms with Crippen molar-refractivity contribution < 1.29 is 13.2 Å². The third-order valence-corrected chi connectivity index (χ3v) is 5.12. The van der Waals surface area contributed by atoms with Crippen molar-refractivity contribution >= 4 is 15.9 Å². The molecule has 0 spiro atoms. The van der Waals surface area contributed by atoms with E-state index in [-0.39, 0.29) is 17.1 Å². The lowest BCUT2D eigenvalue weighted by Gasteiger charge is -2.10. The lowest BCUT2D eigenvalue weighted by atomic mass is 10.1. The first kappa shape index (κ1) is 10.7. The van der Waals surface area contributed by atoms with Gasteiger partial charge in [0.25, 0.3) is 0 Å². The summed E-state index contributed by atoms with van der Waals surface area (Å²) < 4.78 is 25.2. The highest BCUT2D eigenvalue weighted by atomic mass is 32.2. The minimum absolute atomic E-state index is 0.118. The maximum absolute atomic E-state index is 11.7. The average Bonchev–Trinajstić information content (AvgIpc) is 2.97. The molecule has 2 atom stereocenters. The Kier molecular flexibility index (Phi) is 2.19. The van der Waals surface area contributed by atoms with Gasteiger partial charge in [-0.25, -0.2) is 8.42 Å². The number of carbonyl (C=O) groups excluding carboxylic acids is 1. The predicted molar refractivity (Wildman–Crippen MR) is 56.5 cm³/mol. The monoisotopic (exact) mass is 229 g/mol. The summed E-state index contributed by atoms with van der Waals surface area (Å²) in [7, 11) is -3.39. The van der Waals surface area contributed by atoms with Crippen molar-refractivity contribution in [3.63, 3.8) is 0 Å². The fourth-order valence-electron chi connectivity index (χ4n) is 1.71. The lowest BCUT2D eigenvalue weighted by molar-refractivity contribution is -0.124. The molecule has 0 heterocycles. The fraction of sp³-hybridized carbons (Fsp3) is 0.700. The Balaban J connectivity index is 2.02. The van der Waals surface area contributed by atoms with Crippen molar-refractivity contribution in [1.29, 1.82) is 0 Å². The Morgan fingerprint density at radius 1 is 1.53 bits per heavy atom. The first-order chi connectivity index (χ1) is 6.90. The van der Waals surface area contributed by atoms with Crippen molar-refractivity contribution in [2.45, 2.75) is 31.4 Å². The van der Waals surface area contributed by atoms with Crippen LogP contribution in [-0.4, -0.2) is 19.6 Å². The maximum atomic E-state index is 11.7. The molecule has 0 aromatic carbocycles. The van der Waals surface area contributed by atoms with E-state index in [2.05, 4.69) is 11.3 Å². The van der Waals surface area contributed by atoms with Gasteiger partial charge in [0.15, 0.2) is 0 Å². The molecule has 0 saturated heterocycles. The number of carbonyl (C=O) groups is 1. The molecule has 15 heavy (non-hydrogen) atoms. The average molecular weight is 229 g/mol. The molecule has 1 amide bonds. The summed E-state index contributed by atoms with van der Waals surface area (Å²) in [5.74, 6) is -0.258. The molecule has 4 nitrogen and oxygen atoms in total. The molecule has 2 saturated carbocycles. The quantitative estimate of drug-likeness (QED) is 0.725. The van der Waals surface area contributed by atoms with Gasteiger partial charge in [-0.05, 0) is 25.2 Å². The molecule has 0 aliphatic heterocycles. The number of allylic oxidation sites excluding steroid dienone is 1. The van der Waals surface area contributed by atoms with E-state index in [9.17, 15) is 13.2 Å². The molecule has 84 valence electrons. The molecule has 2 fully saturated rings. The zero-order valence-corrected chi connectivity index (χ0v) is 9.51. The molecule has 0 aromatic rings. The van der Waals surface area contributed by atoms with E-state index in [0.29, 0.717) is 19.3 Å². The van der Waals surface area contributed by atoms with Crippen LogP contribution in [0.25, 0.3) is 0 Å². The Hall–Kier alpha value is -0.840. The summed E-state index contributed by atoms with van der Waals surface area (Å²) in [5.41, 5.74) is -0.552. The van der Waals surface area contributed by atoms with Crippen molar-refractivity contribution in [2.24, 2.45) is 11.3 Å². The van der Waals surface area contributed by atoms with Crippen molar-refractivity contribution in [3.05, 3.63) is 12.7 Å². The molecule has 2 rings (SSSR count). The van der Waals surface area contributed by atoms with Gasteiger partial charge in [0.2, 0.25) is 15.9 Å². The van der Waals surface area contributed by atoms with Gasteiger partial charge in [0.05, 0.1) is 10.7 Å². The summed E-state index contributed by atoms with van der Waals surface area (Å²) >= 11 is 0. The largest absolute Gasteiger partial charge is 0.273 e. The number of rotatable bonds is 4. The van der Waals surface area contributed by atoms with Gasteiger partial charge in [0, 0.05) is 0 Å². The second-order valence-corrected chi connectivity index (χ2v) is 6.60. The van der Waals surface area contributed by atoms with Crippen LogP contribution in [0.5, 0.6) is 0 Å². The molecule has 1 N–H and O–H groups in total. The van der Waals surface area contributed by atoms with Crippen LogP contribution in [0.2, 0.25) is 0 Å². The Labute approximate surface area is 89.8 Å². The van der Waals surface area contributed by atoms with E-state index in [1.165, 1.54) is 0 Å². The third-order valence-electron chi connectivity index (χ3n) is 3.30. The van der Waals surface area contributed by atoms with Crippen LogP contribution >= 0.6 is 0 Å². The van der Waals surface area contributed by atoms with Gasteiger partial charge in [-0.3, -0.25) is 9.52 Å². The van der Waals surface area contributed by atoms with E-state index in [4.69, 9.17) is 0 Å². The zero-order valence-electron chi connectivity index (χ0n) is 8.69. The van der Waals surface area contributed by atoms with Gasteiger partial charge in [-0.2, -0.15) is 0 Å². The number of sulfonamides is 1. The SMILES string of the molecule is C=CC1CC1(C)C(=O)NS(=O)(=O)C1CC1. The van der Waals surface area contributed by atoms with Gasteiger partial charge in [0.1, 0.15) is 0 Å². The molecule has 2 aliphatic rings. The first-order valence-corrected chi connectivity index (χ1v) is 6.63. The van der Waals surface area contributed by atoms with Crippen molar-refractivity contribution in [1.82, 2.24) is 4.72 Å². The van der Waals surface area contributed by atoms with Crippen LogP contribution < -0.4 is 4.72 Å². The van der Waals surface area contributed by atoms with Crippen molar-refractivity contribution in [2.75, 3.05) is 0 Å². The fourth-order valence-corrected chi connectivity index (χ4v) is 3.12. The molecular formula is C10H15NO3S. The van der Waals surface area contributed by atoms with Crippen LogP contribution in [0, 0.1) is 11.3 Å². The molecule has 0 radical (unpaired) electrons. The minimum atomic E-state index is -3.39. The van der Waals surface area contributed by atoms with Crippen molar-refractivity contribution in [3.8, 4) is 0 Å². The topological polar surface area (TPSA) is 63.2 Å². The standard InChI is InChI=1S/C10H15NO3S/c1-3-7-6-10(7,2)9(12)11-15(13,14)8-4-5-8/h3,7-8H,1,4-6H2,2H3,(H,11,12).